The van der Waals surface area contributed by atoms with Crippen molar-refractivity contribution in [1.29, 1.82) is 0 Å². The predicted molar refractivity (Wildman–Crippen MR) is 328 cm³/mol. The molecule has 0 radical (unpaired) electrons. The highest BCUT2D eigenvalue weighted by Gasteiger charge is 2.37. The minimum atomic E-state index is 0.437. The lowest BCUT2D eigenvalue weighted by Gasteiger charge is -2.30. The van der Waals surface area contributed by atoms with Gasteiger partial charge >= 0.3 is 0 Å². The summed E-state index contributed by atoms with van der Waals surface area (Å²) >= 11 is 0. The van der Waals surface area contributed by atoms with Crippen molar-refractivity contribution in [3.8, 4) is 68.0 Å². The summed E-state index contributed by atoms with van der Waals surface area (Å²) < 4.78 is 9.63. The molecule has 0 spiro atoms. The van der Waals surface area contributed by atoms with Gasteiger partial charge < -0.3 is 18.3 Å². The molecule has 0 fully saturated rings. The molecule has 0 saturated heterocycles. The number of aromatic nitrogens is 12. The summed E-state index contributed by atoms with van der Waals surface area (Å²) in [6, 6.07) is 67.6. The molecule has 10 heterocycles. The van der Waals surface area contributed by atoms with Crippen molar-refractivity contribution in [3.63, 3.8) is 0 Å². The lowest BCUT2D eigenvalue weighted by atomic mass is 9.92. The fourth-order valence-electron chi connectivity index (χ4n) is 12.7. The van der Waals surface area contributed by atoms with Gasteiger partial charge in [0.2, 0.25) is 0 Å². The molecule has 12 nitrogen and oxygen atoms in total. The quantitative estimate of drug-likeness (QED) is 0.147. The first-order valence-electron chi connectivity index (χ1n) is 27.1. The van der Waals surface area contributed by atoms with Gasteiger partial charge in [-0.2, -0.15) is 0 Å². The van der Waals surface area contributed by atoms with E-state index in [0.29, 0.717) is 23.0 Å². The molecule has 0 bridgehead atoms. The fourth-order valence-corrected chi connectivity index (χ4v) is 12.7. The molecule has 0 unspecified atom stereocenters. The molecule has 82 heavy (non-hydrogen) atoms. The Bertz CT molecular complexity index is 5140. The Kier molecular flexibility index (Phi) is 10.0. The largest absolute Gasteiger partial charge is 0.305 e. The molecule has 382 valence electrons. The van der Waals surface area contributed by atoms with Crippen LogP contribution in [0.4, 0.5) is 0 Å². The van der Waals surface area contributed by atoms with E-state index in [2.05, 4.69) is 170 Å². The van der Waals surface area contributed by atoms with Crippen LogP contribution in [0.25, 0.3) is 155 Å². The Morgan fingerprint density at radius 3 is 0.890 bits per heavy atom. The Hall–Kier alpha value is -11.5. The Morgan fingerprint density at radius 2 is 0.512 bits per heavy atom. The zero-order valence-electron chi connectivity index (χ0n) is 43.6. The number of pyridine rings is 5. The van der Waals surface area contributed by atoms with Crippen molar-refractivity contribution in [2.45, 2.75) is 0 Å². The first kappa shape index (κ1) is 45.5. The molecule has 0 aliphatic heterocycles. The lowest BCUT2D eigenvalue weighted by molar-refractivity contribution is 1.01. The second-order valence-corrected chi connectivity index (χ2v) is 20.4. The van der Waals surface area contributed by atoms with Gasteiger partial charge in [-0.25, -0.2) is 15.0 Å². The minimum absolute atomic E-state index is 0.437. The van der Waals surface area contributed by atoms with Gasteiger partial charge in [-0.3, -0.25) is 24.9 Å². The van der Waals surface area contributed by atoms with Crippen molar-refractivity contribution in [3.05, 3.63) is 256 Å². The maximum Gasteiger partial charge on any atom is 0.167 e. The highest BCUT2D eigenvalue weighted by molar-refractivity contribution is 6.18. The minimum Gasteiger partial charge on any atom is -0.305 e. The molecule has 10 aromatic heterocycles. The second kappa shape index (κ2) is 18.0. The van der Waals surface area contributed by atoms with Crippen molar-refractivity contribution in [1.82, 2.24) is 58.1 Å². The van der Waals surface area contributed by atoms with Crippen molar-refractivity contribution >= 4 is 87.2 Å². The van der Waals surface area contributed by atoms with E-state index in [1.807, 2.05) is 104 Å². The van der Waals surface area contributed by atoms with Crippen LogP contribution in [-0.2, 0) is 0 Å². The van der Waals surface area contributed by atoms with E-state index in [1.54, 1.807) is 0 Å². The van der Waals surface area contributed by atoms with Gasteiger partial charge in [0.05, 0.1) is 97.2 Å². The van der Waals surface area contributed by atoms with Crippen LogP contribution in [0.1, 0.15) is 0 Å². The second-order valence-electron chi connectivity index (χ2n) is 20.4. The summed E-state index contributed by atoms with van der Waals surface area (Å²) in [4.78, 5) is 41.7. The zero-order valence-corrected chi connectivity index (χ0v) is 43.6. The number of hydrogen-bond acceptors (Lipinski definition) is 8. The van der Waals surface area contributed by atoms with Crippen LogP contribution in [0.3, 0.4) is 0 Å². The van der Waals surface area contributed by atoms with Crippen LogP contribution in [0.15, 0.2) is 256 Å². The van der Waals surface area contributed by atoms with Crippen molar-refractivity contribution in [2.75, 3.05) is 0 Å². The number of rotatable bonds is 8. The third-order valence-electron chi connectivity index (χ3n) is 16.1. The molecule has 0 aliphatic carbocycles. The van der Waals surface area contributed by atoms with Gasteiger partial charge in [0, 0.05) is 103 Å². The lowest BCUT2D eigenvalue weighted by Crippen LogP contribution is -2.17. The molecule has 17 aromatic rings. The number of benzene rings is 7. The first-order chi connectivity index (χ1) is 40.8. The monoisotopic (exact) mass is 1050 g/mol. The van der Waals surface area contributed by atoms with Gasteiger partial charge in [0.15, 0.2) is 17.5 Å². The molecule has 0 amide bonds. The average molecular weight is 1050 g/mol. The highest BCUT2D eigenvalue weighted by Crippen LogP contribution is 2.54. The number of nitrogens with zero attached hydrogens (tertiary/aromatic N) is 12. The zero-order chi connectivity index (χ0) is 53.8. The van der Waals surface area contributed by atoms with E-state index in [1.165, 1.54) is 0 Å². The fraction of sp³-hybridized carbons (Fsp3) is 0. The first-order valence-corrected chi connectivity index (χ1v) is 27.1. The third kappa shape index (κ3) is 6.66. The summed E-state index contributed by atoms with van der Waals surface area (Å²) in [7, 11) is 0. The molecular formula is C70H42N12. The summed E-state index contributed by atoms with van der Waals surface area (Å²) in [5.41, 5.74) is 14.7. The van der Waals surface area contributed by atoms with Gasteiger partial charge in [0.25, 0.3) is 0 Å². The Morgan fingerprint density at radius 1 is 0.207 bits per heavy atom. The Balaban J connectivity index is 1.26. The maximum absolute atomic E-state index is 5.77. The summed E-state index contributed by atoms with van der Waals surface area (Å²) in [5.74, 6) is 1.46. The van der Waals surface area contributed by atoms with Crippen LogP contribution in [0.5, 0.6) is 0 Å². The van der Waals surface area contributed by atoms with E-state index in [-0.39, 0.29) is 0 Å². The van der Waals surface area contributed by atoms with E-state index < -0.39 is 0 Å². The SMILES string of the molecule is c1ccc(-c2nc(-c3ccccc3)nc(-c3c(-c4cccnc4)c(-n4c5ccccc5c5ccncc54)c(-n4c5ccccc5c5ccncc54)c(-n4c5ccccc5c5ccncc54)c3-n3c4ccccc4c4ccncc43)n2)cc1. The van der Waals surface area contributed by atoms with E-state index in [4.69, 9.17) is 39.9 Å². The highest BCUT2D eigenvalue weighted by atomic mass is 15.2. The summed E-state index contributed by atoms with van der Waals surface area (Å²) in [6.07, 6.45) is 19.3. The van der Waals surface area contributed by atoms with E-state index >= 15 is 0 Å². The van der Waals surface area contributed by atoms with Gasteiger partial charge in [0.1, 0.15) is 0 Å². The third-order valence-corrected chi connectivity index (χ3v) is 16.1. The molecule has 0 N–H and O–H groups in total. The van der Waals surface area contributed by atoms with Gasteiger partial charge in [-0.1, -0.05) is 140 Å². The smallest absolute Gasteiger partial charge is 0.167 e. The van der Waals surface area contributed by atoms with Crippen molar-refractivity contribution < 1.29 is 0 Å². The normalized spacial score (nSPS) is 11.9. The Labute approximate surface area is 467 Å². The van der Waals surface area contributed by atoms with Gasteiger partial charge in [-0.15, -0.1) is 0 Å². The van der Waals surface area contributed by atoms with E-state index in [9.17, 15) is 0 Å². The number of para-hydroxylation sites is 4. The number of hydrogen-bond donors (Lipinski definition) is 0. The molecule has 0 saturated carbocycles. The molecular weight excluding hydrogens is 1010 g/mol. The average Bonchev–Trinajstić information content (AvgIpc) is 2.35. The van der Waals surface area contributed by atoms with Crippen LogP contribution in [0.2, 0.25) is 0 Å². The summed E-state index contributed by atoms with van der Waals surface area (Å²) in [6.45, 7) is 0. The standard InChI is InChI=1S/C70H42N12/c1-3-16-43(17-4-1)68-76-69(44-18-5-2-6-19-44)78-70(77-68)63-62(45-20-15-33-71-38-45)64(79-54-25-11-7-21-46(54)50-29-34-72-39-58(50)79)66(81-56-27-13-9-23-48(56)52-31-36-74-41-60(52)81)67(82-57-28-14-10-24-49(57)53-32-37-75-42-61(53)82)65(63)80-55-26-12-8-22-47(55)51-30-35-73-40-59(51)80/h1-42H. The number of fused-ring (bicyclic) bond motifs is 12. The van der Waals surface area contributed by atoms with Crippen LogP contribution in [-0.4, -0.2) is 58.1 Å². The van der Waals surface area contributed by atoms with Crippen LogP contribution < -0.4 is 0 Å². The van der Waals surface area contributed by atoms with Crippen molar-refractivity contribution in [2.24, 2.45) is 0 Å². The molecule has 0 aliphatic rings. The molecule has 7 aromatic carbocycles. The maximum atomic E-state index is 5.77. The summed E-state index contributed by atoms with van der Waals surface area (Å²) in [5, 5.41) is 8.38. The predicted octanol–water partition coefficient (Wildman–Crippen LogP) is 15.9. The molecule has 12 heteroatoms. The molecule has 0 atom stereocenters. The molecule has 17 rings (SSSR count). The van der Waals surface area contributed by atoms with Crippen LogP contribution >= 0.6 is 0 Å². The van der Waals surface area contributed by atoms with E-state index in [0.717, 1.165) is 132 Å². The van der Waals surface area contributed by atoms with Crippen LogP contribution in [0, 0.1) is 0 Å². The topological polar surface area (TPSA) is 123 Å². The van der Waals surface area contributed by atoms with Gasteiger partial charge in [-0.05, 0) is 54.6 Å².